The van der Waals surface area contributed by atoms with E-state index in [9.17, 15) is 14.0 Å². The van der Waals surface area contributed by atoms with Crippen molar-refractivity contribution in [3.63, 3.8) is 0 Å². The molecule has 1 saturated heterocycles. The number of aryl methyl sites for hydroxylation is 1. The summed E-state index contributed by atoms with van der Waals surface area (Å²) in [7, 11) is 1.87. The number of carbonyl (C=O) groups excluding carboxylic acids is 2. The molecular weight excluding hydrogens is 325 g/mol. The maximum Gasteiger partial charge on any atom is 0.260 e. The minimum Gasteiger partial charge on any atom is -0.484 e. The maximum atomic E-state index is 13.1. The van der Waals surface area contributed by atoms with Gasteiger partial charge in [0.05, 0.1) is 5.56 Å². The van der Waals surface area contributed by atoms with Gasteiger partial charge in [-0.3, -0.25) is 9.59 Å². The second-order valence-corrected chi connectivity index (χ2v) is 5.98. The molecule has 3 rings (SSSR count). The van der Waals surface area contributed by atoms with Crippen LogP contribution in [0.1, 0.15) is 10.4 Å². The van der Waals surface area contributed by atoms with Crippen molar-refractivity contribution in [2.45, 2.75) is 0 Å². The normalized spacial score (nSPS) is 14.5. The number of piperazine rings is 1. The molecule has 0 saturated carbocycles. The molecule has 0 aliphatic carbocycles. The molecule has 0 N–H and O–H groups in total. The van der Waals surface area contributed by atoms with Crippen LogP contribution in [0.25, 0.3) is 0 Å². The minimum absolute atomic E-state index is 0.0243. The number of amides is 2. The molecule has 7 heteroatoms. The third-order valence-electron chi connectivity index (χ3n) is 4.16. The van der Waals surface area contributed by atoms with Crippen LogP contribution in [0.3, 0.4) is 0 Å². The van der Waals surface area contributed by atoms with Crippen LogP contribution in [0.4, 0.5) is 4.39 Å². The molecule has 2 heterocycles. The Balaban J connectivity index is 1.48. The quantitative estimate of drug-likeness (QED) is 0.844. The Morgan fingerprint density at radius 1 is 1.12 bits per heavy atom. The highest BCUT2D eigenvalue weighted by molar-refractivity contribution is 5.94. The highest BCUT2D eigenvalue weighted by Crippen LogP contribution is 2.13. The van der Waals surface area contributed by atoms with Crippen molar-refractivity contribution in [2.75, 3.05) is 32.8 Å². The molecule has 0 bridgehead atoms. The van der Waals surface area contributed by atoms with Crippen LogP contribution in [-0.4, -0.2) is 59.0 Å². The van der Waals surface area contributed by atoms with Gasteiger partial charge >= 0.3 is 0 Å². The monoisotopic (exact) mass is 345 g/mol. The fraction of sp³-hybridized carbons (Fsp3) is 0.333. The van der Waals surface area contributed by atoms with Gasteiger partial charge in [-0.25, -0.2) is 4.39 Å². The van der Waals surface area contributed by atoms with E-state index in [1.54, 1.807) is 28.1 Å². The molecule has 132 valence electrons. The summed E-state index contributed by atoms with van der Waals surface area (Å²) in [6.45, 7) is 1.75. The molecule has 1 aromatic carbocycles. The molecule has 2 aromatic rings. The number of hydrogen-bond donors (Lipinski definition) is 0. The van der Waals surface area contributed by atoms with Crippen LogP contribution >= 0.6 is 0 Å². The van der Waals surface area contributed by atoms with E-state index in [-0.39, 0.29) is 18.4 Å². The molecule has 0 radical (unpaired) electrons. The zero-order valence-corrected chi connectivity index (χ0v) is 14.0. The van der Waals surface area contributed by atoms with Gasteiger partial charge in [-0.1, -0.05) is 6.07 Å². The van der Waals surface area contributed by atoms with E-state index in [1.807, 2.05) is 17.8 Å². The van der Waals surface area contributed by atoms with E-state index in [1.165, 1.54) is 18.2 Å². The zero-order chi connectivity index (χ0) is 17.8. The Labute approximate surface area is 145 Å². The first-order valence-corrected chi connectivity index (χ1v) is 8.10. The second kappa shape index (κ2) is 7.38. The fourth-order valence-corrected chi connectivity index (χ4v) is 2.76. The molecule has 1 aliphatic rings. The molecular formula is C18H20FN3O3. The topological polar surface area (TPSA) is 54.8 Å². The van der Waals surface area contributed by atoms with Crippen LogP contribution in [0.2, 0.25) is 0 Å². The first-order valence-electron chi connectivity index (χ1n) is 8.10. The minimum atomic E-state index is -0.405. The van der Waals surface area contributed by atoms with Crippen molar-refractivity contribution in [3.05, 3.63) is 54.1 Å². The van der Waals surface area contributed by atoms with Gasteiger partial charge in [0.15, 0.2) is 6.61 Å². The summed E-state index contributed by atoms with van der Waals surface area (Å²) in [6, 6.07) is 7.48. The summed E-state index contributed by atoms with van der Waals surface area (Å²) in [4.78, 5) is 28.0. The van der Waals surface area contributed by atoms with E-state index < -0.39 is 5.82 Å². The molecule has 25 heavy (non-hydrogen) atoms. The van der Waals surface area contributed by atoms with Crippen LogP contribution in [0.5, 0.6) is 5.75 Å². The Morgan fingerprint density at radius 2 is 1.84 bits per heavy atom. The van der Waals surface area contributed by atoms with Crippen molar-refractivity contribution in [3.8, 4) is 5.75 Å². The lowest BCUT2D eigenvalue weighted by atomic mass is 10.2. The van der Waals surface area contributed by atoms with Crippen molar-refractivity contribution >= 4 is 11.8 Å². The first kappa shape index (κ1) is 17.0. The van der Waals surface area contributed by atoms with Gasteiger partial charge in [0.25, 0.3) is 11.8 Å². The van der Waals surface area contributed by atoms with Crippen molar-refractivity contribution in [1.82, 2.24) is 14.4 Å². The Bertz CT molecular complexity index is 766. The number of rotatable bonds is 4. The number of ether oxygens (including phenoxy) is 1. The van der Waals surface area contributed by atoms with E-state index in [0.29, 0.717) is 37.5 Å². The molecule has 1 aromatic heterocycles. The molecule has 0 atom stereocenters. The molecule has 0 spiro atoms. The number of halogens is 1. The number of benzene rings is 1. The summed E-state index contributed by atoms with van der Waals surface area (Å²) in [5.41, 5.74) is 0.650. The lowest BCUT2D eigenvalue weighted by Gasteiger charge is -2.34. The lowest BCUT2D eigenvalue weighted by molar-refractivity contribution is -0.134. The lowest BCUT2D eigenvalue weighted by Crippen LogP contribution is -2.51. The summed E-state index contributed by atoms with van der Waals surface area (Å²) < 4.78 is 20.3. The van der Waals surface area contributed by atoms with Crippen LogP contribution in [0.15, 0.2) is 42.7 Å². The third-order valence-corrected chi connectivity index (χ3v) is 4.16. The fourth-order valence-electron chi connectivity index (χ4n) is 2.76. The summed E-state index contributed by atoms with van der Waals surface area (Å²) in [5, 5.41) is 0. The maximum absolute atomic E-state index is 13.1. The summed E-state index contributed by atoms with van der Waals surface area (Å²) >= 11 is 0. The number of aromatic nitrogens is 1. The van der Waals surface area contributed by atoms with Gasteiger partial charge in [-0.05, 0) is 18.2 Å². The van der Waals surface area contributed by atoms with Crippen LogP contribution < -0.4 is 4.74 Å². The highest BCUT2D eigenvalue weighted by atomic mass is 19.1. The van der Waals surface area contributed by atoms with Crippen molar-refractivity contribution in [1.29, 1.82) is 0 Å². The molecule has 2 amide bonds. The van der Waals surface area contributed by atoms with E-state index >= 15 is 0 Å². The molecule has 6 nitrogen and oxygen atoms in total. The van der Waals surface area contributed by atoms with Gasteiger partial charge in [-0.15, -0.1) is 0 Å². The largest absolute Gasteiger partial charge is 0.484 e. The van der Waals surface area contributed by atoms with Crippen molar-refractivity contribution in [2.24, 2.45) is 7.05 Å². The smallest absolute Gasteiger partial charge is 0.260 e. The van der Waals surface area contributed by atoms with Gasteiger partial charge < -0.3 is 19.1 Å². The van der Waals surface area contributed by atoms with Crippen LogP contribution in [-0.2, 0) is 11.8 Å². The second-order valence-electron chi connectivity index (χ2n) is 5.98. The van der Waals surface area contributed by atoms with Gasteiger partial charge in [-0.2, -0.15) is 0 Å². The predicted molar refractivity (Wildman–Crippen MR) is 89.8 cm³/mol. The third kappa shape index (κ3) is 4.17. The average Bonchev–Trinajstić information content (AvgIpc) is 3.06. The molecule has 1 fully saturated rings. The highest BCUT2D eigenvalue weighted by Gasteiger charge is 2.25. The number of hydrogen-bond acceptors (Lipinski definition) is 3. The standard InChI is InChI=1S/C18H20FN3O3/c1-20-6-5-14(12-20)18(24)22-9-7-21(8-10-22)17(23)13-25-16-4-2-3-15(19)11-16/h2-6,11-12H,7-10,13H2,1H3. The Hall–Kier alpha value is -2.83. The van der Waals surface area contributed by atoms with E-state index in [4.69, 9.17) is 4.74 Å². The van der Waals surface area contributed by atoms with Gasteiger partial charge in [0.2, 0.25) is 0 Å². The number of carbonyl (C=O) groups is 2. The van der Waals surface area contributed by atoms with E-state index in [2.05, 4.69) is 0 Å². The molecule has 1 aliphatic heterocycles. The average molecular weight is 345 g/mol. The van der Waals surface area contributed by atoms with Gasteiger partial charge in [0.1, 0.15) is 11.6 Å². The summed E-state index contributed by atoms with van der Waals surface area (Å²) in [5.74, 6) is -0.274. The predicted octanol–water partition coefficient (Wildman–Crippen LogP) is 1.53. The van der Waals surface area contributed by atoms with Crippen molar-refractivity contribution < 1.29 is 18.7 Å². The van der Waals surface area contributed by atoms with Gasteiger partial charge in [0, 0.05) is 51.7 Å². The Kier molecular flexibility index (Phi) is 5.02. The zero-order valence-electron chi connectivity index (χ0n) is 14.0. The molecule has 0 unspecified atom stereocenters. The van der Waals surface area contributed by atoms with E-state index in [0.717, 1.165) is 0 Å². The number of nitrogens with zero attached hydrogens (tertiary/aromatic N) is 3. The Morgan fingerprint density at radius 3 is 2.48 bits per heavy atom. The SMILES string of the molecule is Cn1ccc(C(=O)N2CCN(C(=O)COc3cccc(F)c3)CC2)c1. The first-order chi connectivity index (χ1) is 12.0. The van der Waals surface area contributed by atoms with Crippen LogP contribution in [0, 0.1) is 5.82 Å². The summed E-state index contributed by atoms with van der Waals surface area (Å²) in [6.07, 6.45) is 3.61.